The molecule has 1 heterocycles. The summed E-state index contributed by atoms with van der Waals surface area (Å²) in [5.41, 5.74) is 0. The highest BCUT2D eigenvalue weighted by atomic mass is 32.1. The Bertz CT molecular complexity index is 544. The Morgan fingerprint density at radius 2 is 2.06 bits per heavy atom. The van der Waals surface area contributed by atoms with E-state index in [4.69, 9.17) is 4.74 Å². The van der Waals surface area contributed by atoms with E-state index in [1.165, 1.54) is 31.6 Å². The molecule has 0 aliphatic carbocycles. The summed E-state index contributed by atoms with van der Waals surface area (Å²) < 4.78 is 10.6. The van der Waals surface area contributed by atoms with Gasteiger partial charge in [0.1, 0.15) is 16.4 Å². The monoisotopic (exact) mass is 238 g/mol. The van der Waals surface area contributed by atoms with E-state index >= 15 is 0 Å². The third kappa shape index (κ3) is 1.69. The molecule has 0 fully saturated rings. The molecule has 2 aromatic rings. The van der Waals surface area contributed by atoms with Gasteiger partial charge in [-0.15, -0.1) is 11.3 Å². The van der Waals surface area contributed by atoms with Crippen LogP contribution in [0.15, 0.2) is 18.2 Å². The van der Waals surface area contributed by atoms with E-state index in [9.17, 15) is 9.90 Å². The third-order valence-corrected chi connectivity index (χ3v) is 3.25. The number of methoxy groups -OCH3 is 2. The Hall–Kier alpha value is -1.75. The van der Waals surface area contributed by atoms with Gasteiger partial charge < -0.3 is 14.6 Å². The van der Waals surface area contributed by atoms with Crippen molar-refractivity contribution >= 4 is 27.4 Å². The first-order valence-corrected chi connectivity index (χ1v) is 5.36. The quantitative estimate of drug-likeness (QED) is 0.816. The zero-order valence-corrected chi connectivity index (χ0v) is 9.63. The van der Waals surface area contributed by atoms with Gasteiger partial charge in [0.25, 0.3) is 0 Å². The topological polar surface area (TPSA) is 55.8 Å². The van der Waals surface area contributed by atoms with Gasteiger partial charge in [0.2, 0.25) is 0 Å². The summed E-state index contributed by atoms with van der Waals surface area (Å²) in [5, 5.41) is 10.3. The summed E-state index contributed by atoms with van der Waals surface area (Å²) in [5.74, 6) is 0.270. The van der Waals surface area contributed by atoms with E-state index in [0.717, 1.165) is 10.1 Å². The molecule has 1 aromatic carbocycles. The second kappa shape index (κ2) is 4.02. The van der Waals surface area contributed by atoms with Crippen LogP contribution in [-0.4, -0.2) is 25.3 Å². The lowest BCUT2D eigenvalue weighted by Crippen LogP contribution is -1.96. The molecule has 0 aliphatic rings. The number of aromatic hydroxyl groups is 1. The Kier molecular flexibility index (Phi) is 2.70. The standard InChI is InChI=1S/C11H10O4S/c1-14-8-3-6(12)4-9-7(8)5-10(16-9)11(13)15-2/h3-5,12H,1-2H3. The summed E-state index contributed by atoms with van der Waals surface area (Å²) in [6.45, 7) is 0. The van der Waals surface area contributed by atoms with Crippen molar-refractivity contribution < 1.29 is 19.4 Å². The van der Waals surface area contributed by atoms with Gasteiger partial charge in [-0.05, 0) is 12.1 Å². The maximum atomic E-state index is 11.4. The van der Waals surface area contributed by atoms with Crippen molar-refractivity contribution in [1.82, 2.24) is 0 Å². The molecule has 0 unspecified atom stereocenters. The van der Waals surface area contributed by atoms with Gasteiger partial charge in [-0.3, -0.25) is 0 Å². The number of hydrogen-bond donors (Lipinski definition) is 1. The molecule has 4 nitrogen and oxygen atoms in total. The lowest BCUT2D eigenvalue weighted by Gasteiger charge is -2.01. The van der Waals surface area contributed by atoms with E-state index in [1.807, 2.05) is 0 Å². The number of rotatable bonds is 2. The number of esters is 1. The minimum absolute atomic E-state index is 0.114. The first-order valence-electron chi connectivity index (χ1n) is 4.54. The van der Waals surface area contributed by atoms with E-state index < -0.39 is 0 Å². The predicted molar refractivity (Wildman–Crippen MR) is 61.4 cm³/mol. The summed E-state index contributed by atoms with van der Waals surface area (Å²) in [4.78, 5) is 11.8. The number of thiophene rings is 1. The lowest BCUT2D eigenvalue weighted by atomic mass is 10.2. The van der Waals surface area contributed by atoms with E-state index in [1.54, 1.807) is 12.1 Å². The summed E-state index contributed by atoms with van der Waals surface area (Å²) in [6.07, 6.45) is 0. The molecule has 2 rings (SSSR count). The van der Waals surface area contributed by atoms with Crippen LogP contribution >= 0.6 is 11.3 Å². The van der Waals surface area contributed by atoms with Crippen LogP contribution in [0.5, 0.6) is 11.5 Å². The molecule has 0 radical (unpaired) electrons. The highest BCUT2D eigenvalue weighted by Crippen LogP contribution is 2.36. The SMILES string of the molecule is COC(=O)c1cc2c(OC)cc(O)cc2s1. The molecular weight excluding hydrogens is 228 g/mol. The van der Waals surface area contributed by atoms with Gasteiger partial charge >= 0.3 is 5.97 Å². The smallest absolute Gasteiger partial charge is 0.348 e. The van der Waals surface area contributed by atoms with Crippen molar-refractivity contribution in [2.75, 3.05) is 14.2 Å². The second-order valence-corrected chi connectivity index (χ2v) is 4.25. The normalized spacial score (nSPS) is 10.4. The van der Waals surface area contributed by atoms with Gasteiger partial charge in [-0.1, -0.05) is 0 Å². The van der Waals surface area contributed by atoms with Crippen molar-refractivity contribution in [3.63, 3.8) is 0 Å². The number of phenolic OH excluding ortho intramolecular Hbond substituents is 1. The fraction of sp³-hybridized carbons (Fsp3) is 0.182. The zero-order valence-electron chi connectivity index (χ0n) is 8.81. The van der Waals surface area contributed by atoms with E-state index in [0.29, 0.717) is 10.6 Å². The first kappa shape index (κ1) is 10.8. The van der Waals surface area contributed by atoms with Gasteiger partial charge in [-0.2, -0.15) is 0 Å². The van der Waals surface area contributed by atoms with Gasteiger partial charge in [0.05, 0.1) is 14.2 Å². The molecule has 0 saturated carbocycles. The van der Waals surface area contributed by atoms with Crippen molar-refractivity contribution in [2.24, 2.45) is 0 Å². The van der Waals surface area contributed by atoms with E-state index in [-0.39, 0.29) is 11.7 Å². The number of carbonyl (C=O) groups is 1. The molecule has 84 valence electrons. The second-order valence-electron chi connectivity index (χ2n) is 3.16. The third-order valence-electron chi connectivity index (χ3n) is 2.19. The number of benzene rings is 1. The Morgan fingerprint density at radius 3 is 2.69 bits per heavy atom. The van der Waals surface area contributed by atoms with E-state index in [2.05, 4.69) is 4.74 Å². The maximum Gasteiger partial charge on any atom is 0.348 e. The minimum Gasteiger partial charge on any atom is -0.508 e. The molecule has 0 aliphatic heterocycles. The summed E-state index contributed by atoms with van der Waals surface area (Å²) >= 11 is 1.26. The van der Waals surface area contributed by atoms with Crippen LogP contribution in [0.25, 0.3) is 10.1 Å². The highest BCUT2D eigenvalue weighted by molar-refractivity contribution is 7.20. The summed E-state index contributed by atoms with van der Waals surface area (Å²) in [6, 6.07) is 4.80. The number of carbonyl (C=O) groups excluding carboxylic acids is 1. The van der Waals surface area contributed by atoms with Crippen molar-refractivity contribution in [3.8, 4) is 11.5 Å². The van der Waals surface area contributed by atoms with Crippen LogP contribution < -0.4 is 4.74 Å². The summed E-state index contributed by atoms with van der Waals surface area (Å²) in [7, 11) is 2.85. The lowest BCUT2D eigenvalue weighted by molar-refractivity contribution is 0.0606. The number of ether oxygens (including phenoxy) is 2. The van der Waals surface area contributed by atoms with Gasteiger partial charge in [-0.25, -0.2) is 4.79 Å². The van der Waals surface area contributed by atoms with Crippen LogP contribution in [0.3, 0.4) is 0 Å². The molecular formula is C11H10O4S. The maximum absolute atomic E-state index is 11.4. The van der Waals surface area contributed by atoms with Crippen LogP contribution in [0, 0.1) is 0 Å². The zero-order chi connectivity index (χ0) is 11.7. The molecule has 0 spiro atoms. The van der Waals surface area contributed by atoms with Crippen LogP contribution in [0.2, 0.25) is 0 Å². The van der Waals surface area contributed by atoms with Crippen LogP contribution in [-0.2, 0) is 4.74 Å². The molecule has 1 aromatic heterocycles. The fourth-order valence-corrected chi connectivity index (χ4v) is 2.49. The largest absolute Gasteiger partial charge is 0.508 e. The molecule has 0 atom stereocenters. The molecule has 0 saturated heterocycles. The highest BCUT2D eigenvalue weighted by Gasteiger charge is 2.13. The predicted octanol–water partition coefficient (Wildman–Crippen LogP) is 2.40. The van der Waals surface area contributed by atoms with Crippen molar-refractivity contribution in [2.45, 2.75) is 0 Å². The van der Waals surface area contributed by atoms with Crippen LogP contribution in [0.1, 0.15) is 9.67 Å². The number of fused-ring (bicyclic) bond motifs is 1. The number of hydrogen-bond acceptors (Lipinski definition) is 5. The average molecular weight is 238 g/mol. The minimum atomic E-state index is -0.386. The van der Waals surface area contributed by atoms with Crippen LogP contribution in [0.4, 0.5) is 0 Å². The molecule has 1 N–H and O–H groups in total. The fourth-order valence-electron chi connectivity index (χ4n) is 1.46. The molecule has 0 amide bonds. The van der Waals surface area contributed by atoms with Gasteiger partial charge in [0.15, 0.2) is 0 Å². The molecule has 5 heteroatoms. The Labute approximate surface area is 96.0 Å². The van der Waals surface area contributed by atoms with Gasteiger partial charge in [0, 0.05) is 16.2 Å². The van der Waals surface area contributed by atoms with Crippen molar-refractivity contribution in [1.29, 1.82) is 0 Å². The average Bonchev–Trinajstić information content (AvgIpc) is 2.70. The molecule has 16 heavy (non-hydrogen) atoms. The first-order chi connectivity index (χ1) is 7.65. The van der Waals surface area contributed by atoms with Crippen molar-refractivity contribution in [3.05, 3.63) is 23.1 Å². The number of phenols is 1. The Balaban J connectivity index is 2.64. The molecule has 0 bridgehead atoms. The Morgan fingerprint density at radius 1 is 1.31 bits per heavy atom.